The van der Waals surface area contributed by atoms with Crippen molar-refractivity contribution in [3.63, 3.8) is 0 Å². The van der Waals surface area contributed by atoms with E-state index in [1.165, 1.54) is 21.2 Å². The summed E-state index contributed by atoms with van der Waals surface area (Å²) in [5.41, 5.74) is 0. The van der Waals surface area contributed by atoms with E-state index in [9.17, 15) is 0 Å². The Morgan fingerprint density at radius 3 is 0.879 bits per heavy atom. The molecule has 0 bridgehead atoms. The Morgan fingerprint density at radius 2 is 0.727 bits per heavy atom. The van der Waals surface area contributed by atoms with Crippen LogP contribution in [0.15, 0.2) is 121 Å². The van der Waals surface area contributed by atoms with Crippen LogP contribution in [0, 0.1) is 0 Å². The molecule has 0 N–H and O–H groups in total. The molecule has 172 valence electrons. The third-order valence-electron chi connectivity index (χ3n) is 4.64. The van der Waals surface area contributed by atoms with Gasteiger partial charge in [-0.3, -0.25) is 0 Å². The van der Waals surface area contributed by atoms with Crippen LogP contribution in [0.2, 0.25) is 0 Å². The molecule has 4 aromatic rings. The van der Waals surface area contributed by atoms with Gasteiger partial charge in [-0.15, -0.1) is 0 Å². The molecule has 4 aromatic carbocycles. The Kier molecular flexibility index (Phi) is 13.4. The van der Waals surface area contributed by atoms with Crippen molar-refractivity contribution in [1.29, 1.82) is 0 Å². The molecule has 0 saturated carbocycles. The van der Waals surface area contributed by atoms with Crippen molar-refractivity contribution in [3.05, 3.63) is 131 Å². The van der Waals surface area contributed by atoms with E-state index >= 15 is 0 Å². The maximum atomic E-state index is 7.64. The number of rotatable bonds is 4. The number of halogens is 2. The molecule has 0 aromatic heterocycles. The van der Waals surface area contributed by atoms with Crippen molar-refractivity contribution in [2.24, 2.45) is 0 Å². The smallest absolute Gasteiger partial charge is 0.159 e. The van der Waals surface area contributed by atoms with Gasteiger partial charge in [-0.1, -0.05) is 72.8 Å². The predicted molar refractivity (Wildman–Crippen MR) is 147 cm³/mol. The van der Waals surface area contributed by atoms with Crippen molar-refractivity contribution in [2.45, 2.75) is 0 Å². The summed E-state index contributed by atoms with van der Waals surface area (Å²) in [6, 6.07) is 43.8. The molecule has 0 amide bonds. The van der Waals surface area contributed by atoms with Gasteiger partial charge in [0.05, 0.1) is 0 Å². The van der Waals surface area contributed by atoms with Crippen LogP contribution in [0.3, 0.4) is 0 Å². The molecule has 0 saturated heterocycles. The minimum absolute atomic E-state index is 0.106. The van der Waals surface area contributed by atoms with Gasteiger partial charge in [-0.05, 0) is 48.5 Å². The Balaban J connectivity index is 0.000000420. The van der Waals surface area contributed by atoms with E-state index in [2.05, 4.69) is 125 Å². The van der Waals surface area contributed by atoms with Gasteiger partial charge in [0.25, 0.3) is 0 Å². The Hall–Kier alpha value is -1.70. The molecule has 0 heterocycles. The zero-order chi connectivity index (χ0) is 23.8. The zero-order valence-corrected chi connectivity index (χ0v) is 22.8. The van der Waals surface area contributed by atoms with Gasteiger partial charge in [-0.25, -0.2) is 0 Å². The molecule has 0 spiro atoms. The third kappa shape index (κ3) is 7.66. The van der Waals surface area contributed by atoms with Gasteiger partial charge in [0.1, 0.15) is 28.5 Å². The molecule has 0 atom stereocenters. The first-order chi connectivity index (χ1) is 16.2. The summed E-state index contributed by atoms with van der Waals surface area (Å²) >= 11 is 0.374. The summed E-state index contributed by atoms with van der Waals surface area (Å²) in [5, 5.41) is 5.55. The summed E-state index contributed by atoms with van der Waals surface area (Å²) in [5.74, 6) is 0. The van der Waals surface area contributed by atoms with Gasteiger partial charge in [0.2, 0.25) is 0 Å². The van der Waals surface area contributed by atoms with E-state index in [-0.39, 0.29) is 38.6 Å². The number of nitrogens with zero attached hydrogens (tertiary/aromatic N) is 3. The fraction of sp³-hybridized carbons (Fsp3) is 0. The van der Waals surface area contributed by atoms with Crippen LogP contribution in [-0.4, -0.2) is 0 Å². The van der Waals surface area contributed by atoms with E-state index in [1.54, 1.807) is 0 Å². The summed E-state index contributed by atoms with van der Waals surface area (Å²) in [6.45, 7) is 0. The maximum Gasteiger partial charge on any atom is 0.159 e. The van der Waals surface area contributed by atoms with Gasteiger partial charge >= 0.3 is 35.0 Å². The topological polar surface area (TPSA) is 58.7 Å². The summed E-state index contributed by atoms with van der Waals surface area (Å²) in [4.78, 5) is 0. The van der Waals surface area contributed by atoms with Crippen LogP contribution >= 0.6 is 26.3 Å². The molecule has 4 rings (SSSR count). The minimum atomic E-state index is -1.91. The first kappa shape index (κ1) is 27.5. The van der Waals surface area contributed by atoms with Crippen LogP contribution in [0.1, 0.15) is 0 Å². The molecular weight excluding hydrogens is 603 g/mol. The Labute approximate surface area is 219 Å². The van der Waals surface area contributed by atoms with Gasteiger partial charge in [0.15, 0.2) is 22.7 Å². The zero-order valence-electron chi connectivity index (χ0n) is 17.2. The number of benzene rings is 4. The second-order valence-electron chi connectivity index (χ2n) is 6.30. The van der Waals surface area contributed by atoms with E-state index in [1.807, 2.05) is 0 Å². The van der Waals surface area contributed by atoms with Gasteiger partial charge < -0.3 is 9.56 Å². The molecule has 0 aliphatic rings. The average Bonchev–Trinajstić information content (AvgIpc) is 2.89. The van der Waals surface area contributed by atoms with Crippen LogP contribution in [-0.2, 0) is 38.6 Å². The molecule has 0 radical (unpaired) electrons. The number of hydrogen-bond donors (Lipinski definition) is 0. The fourth-order valence-electron chi connectivity index (χ4n) is 3.52. The molecule has 33 heavy (non-hydrogen) atoms. The Morgan fingerprint density at radius 1 is 0.515 bits per heavy atom. The number of hydrogen-bond acceptors (Lipinski definition) is 0. The minimum Gasteiger partial charge on any atom is -0.672 e. The summed E-state index contributed by atoms with van der Waals surface area (Å²) in [7, 11) is 7.72. The van der Waals surface area contributed by atoms with E-state index in [0.717, 1.165) is 0 Å². The van der Waals surface area contributed by atoms with Crippen LogP contribution in [0.5, 0.6) is 0 Å². The monoisotopic (exact) mass is 621 g/mol. The predicted octanol–water partition coefficient (Wildman–Crippen LogP) is 5.77. The second kappa shape index (κ2) is 16.0. The molecule has 0 aliphatic heterocycles. The van der Waals surface area contributed by atoms with Gasteiger partial charge in [0, 0.05) is 3.41 Å². The first-order valence-corrected chi connectivity index (χ1v) is 16.8. The van der Waals surface area contributed by atoms with Crippen LogP contribution in [0.25, 0.3) is 9.56 Å². The van der Waals surface area contributed by atoms with Crippen molar-refractivity contribution in [1.82, 2.24) is 3.41 Å². The molecule has 9 heteroatoms. The average molecular weight is 623 g/mol. The molecular formula is C24H20Cl2N3PPdS2. The third-order valence-corrected chi connectivity index (χ3v) is 9.46. The van der Waals surface area contributed by atoms with Crippen molar-refractivity contribution in [2.75, 3.05) is 0 Å². The normalized spacial score (nSPS) is 9.88. The molecule has 0 aliphatic carbocycles. The standard InChI is InChI=1S/C24H20P.2ClH.N3S2.Pd/c1-5-13-21(14-6-1)25(22-15-7-2-8-16-22,23-17-9-3-10-18-23)24-19-11-4-12-20-24;;;1-4-3-5-2;/h1-20H;2*1H;;/q+1;;;-1;+2/p-2. The van der Waals surface area contributed by atoms with Gasteiger partial charge in [-0.2, -0.15) is 0 Å². The van der Waals surface area contributed by atoms with E-state index in [4.69, 9.17) is 28.6 Å². The maximum absolute atomic E-state index is 7.64. The van der Waals surface area contributed by atoms with E-state index in [0.29, 0.717) is 0 Å². The molecule has 0 fully saturated rings. The quantitative estimate of drug-likeness (QED) is 0.158. The Bertz CT molecular complexity index is 1030. The molecule has 0 unspecified atom stereocenters. The fourth-order valence-corrected chi connectivity index (χ4v) is 7.90. The van der Waals surface area contributed by atoms with E-state index < -0.39 is 7.26 Å². The first-order valence-electron chi connectivity index (χ1n) is 9.51. The van der Waals surface area contributed by atoms with Crippen LogP contribution < -0.4 is 24.6 Å². The van der Waals surface area contributed by atoms with Crippen LogP contribution in [0.4, 0.5) is 0 Å². The summed E-state index contributed by atoms with van der Waals surface area (Å²) < 4.78 is 18.2. The summed E-state index contributed by atoms with van der Waals surface area (Å²) in [6.07, 6.45) is 0. The van der Waals surface area contributed by atoms with Crippen molar-refractivity contribution < 1.29 is 15.9 Å². The van der Waals surface area contributed by atoms with Crippen molar-refractivity contribution in [3.8, 4) is 0 Å². The second-order valence-corrected chi connectivity index (χ2v) is 13.0. The van der Waals surface area contributed by atoms with Crippen molar-refractivity contribution >= 4 is 70.2 Å². The SMILES string of the molecule is [Cl][Pd][Cl].[N-]=S=[N+]=S=[N-].c1ccc([P+](c2ccccc2)(c2ccccc2)c2ccccc2)cc1. The molecule has 3 nitrogen and oxygen atoms in total. The largest absolute Gasteiger partial charge is 0.672 e.